The zero-order valence-corrected chi connectivity index (χ0v) is 15.8. The lowest BCUT2D eigenvalue weighted by Crippen LogP contribution is -2.17. The minimum atomic E-state index is -3.36. The molecule has 0 saturated heterocycles. The smallest absolute Gasteiger partial charge is 0.180 e. The second-order valence-corrected chi connectivity index (χ2v) is 8.32. The van der Waals surface area contributed by atoms with E-state index in [2.05, 4.69) is 20.3 Å². The van der Waals surface area contributed by atoms with E-state index in [1.807, 2.05) is 36.4 Å². The molecule has 0 bridgehead atoms. The van der Waals surface area contributed by atoms with Gasteiger partial charge in [0.15, 0.2) is 15.7 Å². The molecule has 4 aromatic rings. The van der Waals surface area contributed by atoms with E-state index >= 15 is 0 Å². The third-order valence-electron chi connectivity index (χ3n) is 4.31. The van der Waals surface area contributed by atoms with Crippen molar-refractivity contribution in [2.45, 2.75) is 4.90 Å². The van der Waals surface area contributed by atoms with Crippen LogP contribution in [0.1, 0.15) is 0 Å². The lowest BCUT2D eigenvalue weighted by atomic mass is 10.2. The molecular formula is C21H18N4O2S. The molecule has 0 aliphatic carbocycles. The van der Waals surface area contributed by atoms with E-state index in [0.29, 0.717) is 16.5 Å². The standard InChI is InChI=1S/C21H18N4O2S/c26-28(27,17-6-2-1-3-7-17)15-14-23-21-18-8-4-5-9-19(18)24-20(25-21)16-10-12-22-13-11-16/h1-13H,14-15H2,(H,23,24,25). The Morgan fingerprint density at radius 1 is 0.821 bits per heavy atom. The number of sulfone groups is 1. The molecule has 0 aliphatic rings. The topological polar surface area (TPSA) is 84.8 Å². The Balaban J connectivity index is 1.61. The molecule has 2 heterocycles. The molecule has 4 rings (SSSR count). The second kappa shape index (κ2) is 7.74. The van der Waals surface area contributed by atoms with Gasteiger partial charge in [-0.1, -0.05) is 30.3 Å². The van der Waals surface area contributed by atoms with Crippen LogP contribution in [-0.2, 0) is 9.84 Å². The summed E-state index contributed by atoms with van der Waals surface area (Å²) in [6.07, 6.45) is 3.38. The highest BCUT2D eigenvalue weighted by atomic mass is 32.2. The molecule has 0 fully saturated rings. The number of rotatable bonds is 6. The van der Waals surface area contributed by atoms with Crippen LogP contribution in [-0.4, -0.2) is 35.7 Å². The van der Waals surface area contributed by atoms with Crippen LogP contribution < -0.4 is 5.32 Å². The molecule has 0 radical (unpaired) electrons. The highest BCUT2D eigenvalue weighted by Crippen LogP contribution is 2.24. The number of hydrogen-bond acceptors (Lipinski definition) is 6. The molecule has 2 aromatic carbocycles. The maximum absolute atomic E-state index is 12.5. The third-order valence-corrected chi connectivity index (χ3v) is 6.04. The van der Waals surface area contributed by atoms with E-state index in [4.69, 9.17) is 0 Å². The van der Waals surface area contributed by atoms with Crippen molar-refractivity contribution in [2.75, 3.05) is 17.6 Å². The molecule has 0 saturated carbocycles. The lowest BCUT2D eigenvalue weighted by molar-refractivity contribution is 0.596. The van der Waals surface area contributed by atoms with Crippen molar-refractivity contribution in [3.63, 3.8) is 0 Å². The molecule has 0 atom stereocenters. The van der Waals surface area contributed by atoms with Crippen molar-refractivity contribution < 1.29 is 8.42 Å². The van der Waals surface area contributed by atoms with Gasteiger partial charge in [0, 0.05) is 29.9 Å². The van der Waals surface area contributed by atoms with Crippen LogP contribution in [0.15, 0.2) is 84.0 Å². The van der Waals surface area contributed by atoms with Crippen LogP contribution in [0, 0.1) is 0 Å². The first-order valence-corrected chi connectivity index (χ1v) is 10.5. The summed E-state index contributed by atoms with van der Waals surface area (Å²) in [6.45, 7) is 0.244. The summed E-state index contributed by atoms with van der Waals surface area (Å²) in [5, 5.41) is 4.02. The quantitative estimate of drug-likeness (QED) is 0.542. The van der Waals surface area contributed by atoms with E-state index in [0.717, 1.165) is 16.5 Å². The van der Waals surface area contributed by atoms with Crippen molar-refractivity contribution in [2.24, 2.45) is 0 Å². The SMILES string of the molecule is O=S(=O)(CCNc1nc(-c2ccncc2)nc2ccccc12)c1ccccc1. The minimum absolute atomic E-state index is 0.0278. The average Bonchev–Trinajstić information content (AvgIpc) is 2.75. The molecule has 0 unspecified atom stereocenters. The number of aromatic nitrogens is 3. The van der Waals surface area contributed by atoms with Crippen molar-refractivity contribution >= 4 is 26.6 Å². The summed E-state index contributed by atoms with van der Waals surface area (Å²) in [5.41, 5.74) is 1.64. The number of nitrogens with one attached hydrogen (secondary N) is 1. The first kappa shape index (κ1) is 18.1. The van der Waals surface area contributed by atoms with Crippen molar-refractivity contribution in [1.82, 2.24) is 15.0 Å². The van der Waals surface area contributed by atoms with Gasteiger partial charge in [-0.2, -0.15) is 0 Å². The van der Waals surface area contributed by atoms with Crippen LogP contribution in [0.4, 0.5) is 5.82 Å². The van der Waals surface area contributed by atoms with Gasteiger partial charge in [-0.05, 0) is 36.4 Å². The monoisotopic (exact) mass is 390 g/mol. The summed E-state index contributed by atoms with van der Waals surface area (Å²) in [5.74, 6) is 1.15. The fourth-order valence-corrected chi connectivity index (χ4v) is 4.07. The predicted molar refractivity (Wildman–Crippen MR) is 110 cm³/mol. The van der Waals surface area contributed by atoms with Crippen molar-refractivity contribution in [3.05, 3.63) is 79.1 Å². The maximum atomic E-state index is 12.5. The highest BCUT2D eigenvalue weighted by Gasteiger charge is 2.14. The van der Waals surface area contributed by atoms with Gasteiger partial charge in [0.2, 0.25) is 0 Å². The summed E-state index contributed by atoms with van der Waals surface area (Å²) < 4.78 is 25.0. The Morgan fingerprint density at radius 3 is 2.32 bits per heavy atom. The summed E-state index contributed by atoms with van der Waals surface area (Å²) in [7, 11) is -3.36. The van der Waals surface area contributed by atoms with E-state index in [1.54, 1.807) is 42.7 Å². The van der Waals surface area contributed by atoms with Gasteiger partial charge in [-0.15, -0.1) is 0 Å². The fourth-order valence-electron chi connectivity index (χ4n) is 2.89. The summed E-state index contributed by atoms with van der Waals surface area (Å²) >= 11 is 0. The number of para-hydroxylation sites is 1. The number of fused-ring (bicyclic) bond motifs is 1. The van der Waals surface area contributed by atoms with Crippen LogP contribution in [0.3, 0.4) is 0 Å². The Morgan fingerprint density at radius 2 is 1.54 bits per heavy atom. The number of hydrogen-bond donors (Lipinski definition) is 1. The average molecular weight is 390 g/mol. The number of anilines is 1. The molecule has 0 amide bonds. The molecule has 28 heavy (non-hydrogen) atoms. The maximum Gasteiger partial charge on any atom is 0.180 e. The van der Waals surface area contributed by atoms with Gasteiger partial charge in [-0.3, -0.25) is 4.98 Å². The van der Waals surface area contributed by atoms with Gasteiger partial charge in [0.25, 0.3) is 0 Å². The minimum Gasteiger partial charge on any atom is -0.368 e. The van der Waals surface area contributed by atoms with E-state index in [9.17, 15) is 8.42 Å². The molecule has 0 aliphatic heterocycles. The third kappa shape index (κ3) is 3.84. The van der Waals surface area contributed by atoms with Crippen LogP contribution in [0.5, 0.6) is 0 Å². The molecule has 2 aromatic heterocycles. The van der Waals surface area contributed by atoms with Crippen LogP contribution in [0.25, 0.3) is 22.3 Å². The predicted octanol–water partition coefficient (Wildman–Crippen LogP) is 3.58. The first-order chi connectivity index (χ1) is 13.6. The van der Waals surface area contributed by atoms with E-state index < -0.39 is 9.84 Å². The molecule has 6 nitrogen and oxygen atoms in total. The largest absolute Gasteiger partial charge is 0.368 e. The van der Waals surface area contributed by atoms with Crippen LogP contribution >= 0.6 is 0 Å². The van der Waals surface area contributed by atoms with Crippen molar-refractivity contribution in [3.8, 4) is 11.4 Å². The molecule has 0 spiro atoms. The molecule has 140 valence electrons. The fraction of sp³-hybridized carbons (Fsp3) is 0.0952. The summed E-state index contributed by atoms with van der Waals surface area (Å²) in [4.78, 5) is 13.6. The number of benzene rings is 2. The Hall–Kier alpha value is -3.32. The molecule has 1 N–H and O–H groups in total. The lowest BCUT2D eigenvalue weighted by Gasteiger charge is -2.11. The van der Waals surface area contributed by atoms with Gasteiger partial charge in [0.1, 0.15) is 5.82 Å². The normalized spacial score (nSPS) is 11.4. The van der Waals surface area contributed by atoms with Gasteiger partial charge < -0.3 is 5.32 Å². The zero-order valence-electron chi connectivity index (χ0n) is 15.0. The Bertz CT molecular complexity index is 1200. The van der Waals surface area contributed by atoms with Crippen LogP contribution in [0.2, 0.25) is 0 Å². The second-order valence-electron chi connectivity index (χ2n) is 6.21. The highest BCUT2D eigenvalue weighted by molar-refractivity contribution is 7.91. The van der Waals surface area contributed by atoms with E-state index in [-0.39, 0.29) is 12.3 Å². The Kier molecular flexibility index (Phi) is 4.99. The van der Waals surface area contributed by atoms with Gasteiger partial charge in [0.05, 0.1) is 16.2 Å². The Labute approximate surface area is 163 Å². The van der Waals surface area contributed by atoms with E-state index in [1.165, 1.54) is 0 Å². The summed E-state index contributed by atoms with van der Waals surface area (Å²) in [6, 6.07) is 19.8. The zero-order chi connectivity index (χ0) is 19.4. The first-order valence-electron chi connectivity index (χ1n) is 8.82. The molecule has 7 heteroatoms. The van der Waals surface area contributed by atoms with Gasteiger partial charge >= 0.3 is 0 Å². The van der Waals surface area contributed by atoms with Gasteiger partial charge in [-0.25, -0.2) is 18.4 Å². The number of pyridine rings is 1. The molecular weight excluding hydrogens is 372 g/mol. The van der Waals surface area contributed by atoms with Crippen molar-refractivity contribution in [1.29, 1.82) is 0 Å². The number of nitrogens with zero attached hydrogens (tertiary/aromatic N) is 3.